The Morgan fingerprint density at radius 1 is 1.33 bits per heavy atom. The number of ether oxygens (including phenoxy) is 3. The quantitative estimate of drug-likeness (QED) is 0.487. The van der Waals surface area contributed by atoms with Crippen LogP contribution >= 0.6 is 11.6 Å². The van der Waals surface area contributed by atoms with Crippen LogP contribution in [-0.4, -0.2) is 55.1 Å². The van der Waals surface area contributed by atoms with E-state index in [0.717, 1.165) is 30.7 Å². The highest BCUT2D eigenvalue weighted by Crippen LogP contribution is 2.37. The summed E-state index contributed by atoms with van der Waals surface area (Å²) >= 11 is 6.10. The lowest BCUT2D eigenvalue weighted by Gasteiger charge is -2.36. The summed E-state index contributed by atoms with van der Waals surface area (Å²) in [5, 5.41) is 8.22. The Balaban J connectivity index is 1.43. The third-order valence-electron chi connectivity index (χ3n) is 6.55. The number of hydrogen-bond donors (Lipinski definition) is 1. The van der Waals surface area contributed by atoms with Crippen LogP contribution in [0.3, 0.4) is 0 Å². The van der Waals surface area contributed by atoms with Crippen LogP contribution in [0, 0.1) is 5.41 Å². The maximum absolute atomic E-state index is 12.9. The first kappa shape index (κ1) is 23.6. The fourth-order valence-corrected chi connectivity index (χ4v) is 4.87. The van der Waals surface area contributed by atoms with Gasteiger partial charge in [-0.15, -0.1) is 0 Å². The smallest absolute Gasteiger partial charge is 0.338 e. The van der Waals surface area contributed by atoms with E-state index in [4.69, 9.17) is 30.9 Å². The molecule has 0 saturated carbocycles. The summed E-state index contributed by atoms with van der Waals surface area (Å²) in [5.74, 6) is 0.0265. The molecule has 1 fully saturated rings. The molecule has 9 heteroatoms. The fraction of sp³-hybridized carbons (Fsp3) is 0.542. The molecule has 0 aliphatic carbocycles. The summed E-state index contributed by atoms with van der Waals surface area (Å²) in [6, 6.07) is 4.80. The Morgan fingerprint density at radius 2 is 2.12 bits per heavy atom. The van der Waals surface area contributed by atoms with Gasteiger partial charge in [0.25, 0.3) is 5.91 Å². The topological polar surface area (TPSA) is 91.7 Å². The van der Waals surface area contributed by atoms with Crippen molar-refractivity contribution >= 4 is 23.5 Å². The first-order chi connectivity index (χ1) is 16.0. The van der Waals surface area contributed by atoms with Gasteiger partial charge in [0.15, 0.2) is 0 Å². The zero-order valence-electron chi connectivity index (χ0n) is 19.1. The van der Waals surface area contributed by atoms with Crippen LogP contribution in [0.4, 0.5) is 0 Å². The van der Waals surface area contributed by atoms with E-state index in [0.29, 0.717) is 61.0 Å². The van der Waals surface area contributed by atoms with Gasteiger partial charge < -0.3 is 19.5 Å². The van der Waals surface area contributed by atoms with E-state index in [-0.39, 0.29) is 17.9 Å². The lowest BCUT2D eigenvalue weighted by atomic mass is 9.76. The minimum Gasteiger partial charge on any atom is -0.495 e. The summed E-state index contributed by atoms with van der Waals surface area (Å²) < 4.78 is 18.1. The number of hydrogen-bond acceptors (Lipinski definition) is 6. The van der Waals surface area contributed by atoms with Gasteiger partial charge in [-0.3, -0.25) is 9.48 Å². The largest absolute Gasteiger partial charge is 0.495 e. The van der Waals surface area contributed by atoms with E-state index >= 15 is 0 Å². The minimum absolute atomic E-state index is 0.00204. The number of carbonyl (C=O) groups is 2. The number of nitrogens with zero attached hydrogens (tertiary/aromatic N) is 2. The average molecular weight is 476 g/mol. The van der Waals surface area contributed by atoms with Gasteiger partial charge in [-0.05, 0) is 49.3 Å². The molecule has 0 unspecified atom stereocenters. The van der Waals surface area contributed by atoms with Crippen LogP contribution in [0.2, 0.25) is 5.02 Å². The van der Waals surface area contributed by atoms with Crippen molar-refractivity contribution in [2.75, 3.05) is 33.5 Å². The molecule has 1 N–H and O–H groups in total. The molecule has 1 aromatic carbocycles. The first-order valence-corrected chi connectivity index (χ1v) is 11.8. The molecule has 1 aromatic heterocycles. The van der Waals surface area contributed by atoms with Crippen molar-refractivity contribution in [3.05, 3.63) is 45.7 Å². The second kappa shape index (κ2) is 10.1. The molecular formula is C24H30ClN3O5. The van der Waals surface area contributed by atoms with E-state index in [1.165, 1.54) is 13.2 Å². The number of nitrogens with one attached hydrogen (secondary N) is 1. The van der Waals surface area contributed by atoms with E-state index in [1.54, 1.807) is 12.1 Å². The Labute approximate surface area is 198 Å². The van der Waals surface area contributed by atoms with Crippen LogP contribution in [0.25, 0.3) is 0 Å². The van der Waals surface area contributed by atoms with Crippen molar-refractivity contribution in [3.8, 4) is 5.75 Å². The number of benzene rings is 1. The third kappa shape index (κ3) is 5.01. The Bertz CT molecular complexity index is 1030. The highest BCUT2D eigenvalue weighted by Gasteiger charge is 2.39. The zero-order valence-corrected chi connectivity index (χ0v) is 19.9. The van der Waals surface area contributed by atoms with E-state index < -0.39 is 5.97 Å². The summed E-state index contributed by atoms with van der Waals surface area (Å²) in [5.41, 5.74) is 2.89. The van der Waals surface area contributed by atoms with E-state index in [1.807, 2.05) is 11.6 Å². The number of amides is 1. The molecule has 1 spiro atoms. The second-order valence-electron chi connectivity index (χ2n) is 8.66. The second-order valence-corrected chi connectivity index (χ2v) is 9.06. The minimum atomic E-state index is -0.436. The van der Waals surface area contributed by atoms with Crippen molar-refractivity contribution in [1.82, 2.24) is 15.1 Å². The lowest BCUT2D eigenvalue weighted by Crippen LogP contribution is -2.40. The maximum Gasteiger partial charge on any atom is 0.338 e. The van der Waals surface area contributed by atoms with Gasteiger partial charge in [0.2, 0.25) is 0 Å². The van der Waals surface area contributed by atoms with Crippen molar-refractivity contribution in [2.24, 2.45) is 5.41 Å². The maximum atomic E-state index is 12.9. The third-order valence-corrected chi connectivity index (χ3v) is 6.84. The van der Waals surface area contributed by atoms with Crippen LogP contribution in [-0.2, 0) is 28.9 Å². The monoisotopic (exact) mass is 475 g/mol. The van der Waals surface area contributed by atoms with Crippen molar-refractivity contribution in [3.63, 3.8) is 0 Å². The van der Waals surface area contributed by atoms with E-state index in [9.17, 15) is 9.59 Å². The predicted octanol–water partition coefficient (Wildman–Crippen LogP) is 3.44. The predicted molar refractivity (Wildman–Crippen MR) is 123 cm³/mol. The van der Waals surface area contributed by atoms with E-state index in [2.05, 4.69) is 5.32 Å². The number of aromatic nitrogens is 2. The first-order valence-electron chi connectivity index (χ1n) is 11.4. The summed E-state index contributed by atoms with van der Waals surface area (Å²) in [6.07, 6.45) is 3.90. The van der Waals surface area contributed by atoms with Crippen LogP contribution < -0.4 is 10.1 Å². The van der Waals surface area contributed by atoms with Crippen molar-refractivity contribution in [2.45, 2.75) is 45.6 Å². The van der Waals surface area contributed by atoms with Crippen LogP contribution in [0.1, 0.15) is 58.3 Å². The molecule has 0 atom stereocenters. The van der Waals surface area contributed by atoms with Crippen LogP contribution in [0.5, 0.6) is 5.75 Å². The lowest BCUT2D eigenvalue weighted by molar-refractivity contribution is 0.0152. The van der Waals surface area contributed by atoms with Crippen molar-refractivity contribution < 1.29 is 23.8 Å². The number of rotatable bonds is 7. The number of carbonyl (C=O) groups excluding carboxylic acids is 2. The summed E-state index contributed by atoms with van der Waals surface area (Å²) in [4.78, 5) is 25.3. The number of esters is 1. The number of methoxy groups -OCH3 is 1. The summed E-state index contributed by atoms with van der Waals surface area (Å²) in [7, 11) is 1.52. The number of halogens is 1. The number of fused-ring (bicyclic) bond motifs is 1. The number of aryl methyl sites for hydroxylation is 2. The molecule has 2 aliphatic rings. The van der Waals surface area contributed by atoms with Gasteiger partial charge in [0, 0.05) is 32.7 Å². The van der Waals surface area contributed by atoms with Crippen LogP contribution in [0.15, 0.2) is 18.2 Å². The molecule has 2 aliphatic heterocycles. The van der Waals surface area contributed by atoms with Gasteiger partial charge in [-0.25, -0.2) is 4.79 Å². The standard InChI is InChI=1S/C24H30ClN3O5/c1-3-18-21-19(14-24(15-26-22(21)29)7-11-32-12-8-24)28(27-18)9-4-10-33-23(30)16-5-6-20(31-2)17(25)13-16/h5-6,13H,3-4,7-12,14-15H2,1-2H3,(H,26,29). The van der Waals surface area contributed by atoms with Crippen molar-refractivity contribution in [1.29, 1.82) is 0 Å². The Kier molecular flexibility index (Phi) is 7.24. The molecule has 3 heterocycles. The molecule has 2 aromatic rings. The van der Waals surface area contributed by atoms with Gasteiger partial charge in [0.1, 0.15) is 5.75 Å². The molecule has 0 bridgehead atoms. The molecule has 4 rings (SSSR count). The highest BCUT2D eigenvalue weighted by molar-refractivity contribution is 6.32. The normalized spacial score (nSPS) is 17.2. The summed E-state index contributed by atoms with van der Waals surface area (Å²) in [6.45, 7) is 4.91. The van der Waals surface area contributed by atoms with Gasteiger partial charge in [0.05, 0.1) is 41.3 Å². The zero-order chi connectivity index (χ0) is 23.4. The molecular weight excluding hydrogens is 446 g/mol. The molecule has 8 nitrogen and oxygen atoms in total. The van der Waals surface area contributed by atoms with Gasteiger partial charge in [-0.1, -0.05) is 18.5 Å². The van der Waals surface area contributed by atoms with Gasteiger partial charge in [-0.2, -0.15) is 5.10 Å². The average Bonchev–Trinajstić information content (AvgIpc) is 3.10. The Hall–Kier alpha value is -2.58. The molecule has 1 amide bonds. The Morgan fingerprint density at radius 3 is 2.82 bits per heavy atom. The van der Waals surface area contributed by atoms with Gasteiger partial charge >= 0.3 is 5.97 Å². The molecule has 0 radical (unpaired) electrons. The molecule has 33 heavy (non-hydrogen) atoms. The highest BCUT2D eigenvalue weighted by atomic mass is 35.5. The SMILES string of the molecule is CCc1nn(CCCOC(=O)c2ccc(OC)c(Cl)c2)c2c1C(=O)NCC1(CCOCC1)C2. The molecule has 1 saturated heterocycles. The fourth-order valence-electron chi connectivity index (χ4n) is 4.61. The molecule has 178 valence electrons.